The first-order valence-electron chi connectivity index (χ1n) is 4.03. The van der Waals surface area contributed by atoms with Gasteiger partial charge in [-0.3, -0.25) is 9.36 Å². The molecule has 0 radical (unpaired) electrons. The molecule has 0 spiro atoms. The molecule has 0 aromatic carbocycles. The van der Waals surface area contributed by atoms with Crippen molar-refractivity contribution in [2.24, 2.45) is 0 Å². The summed E-state index contributed by atoms with van der Waals surface area (Å²) in [5, 5.41) is 3.36. The van der Waals surface area contributed by atoms with E-state index >= 15 is 0 Å². The summed E-state index contributed by atoms with van der Waals surface area (Å²) in [7, 11) is 0. The van der Waals surface area contributed by atoms with Gasteiger partial charge >= 0.3 is 0 Å². The van der Waals surface area contributed by atoms with Gasteiger partial charge in [-0.15, -0.1) is 0 Å². The van der Waals surface area contributed by atoms with E-state index in [-0.39, 0.29) is 16.3 Å². The van der Waals surface area contributed by atoms with Crippen molar-refractivity contribution in [3.05, 3.63) is 21.6 Å². The Morgan fingerprint density at radius 1 is 1.69 bits per heavy atom. The van der Waals surface area contributed by atoms with Crippen LogP contribution in [0, 0.1) is 0 Å². The highest BCUT2D eigenvalue weighted by atomic mass is 35.5. The van der Waals surface area contributed by atoms with Crippen LogP contribution in [0.4, 0.5) is 5.95 Å². The molecule has 1 aliphatic rings. The Morgan fingerprint density at radius 2 is 2.38 bits per heavy atom. The second-order valence-corrected chi connectivity index (χ2v) is 4.22. The van der Waals surface area contributed by atoms with Crippen molar-refractivity contribution in [3.63, 3.8) is 0 Å². The average Bonchev–Trinajstić information content (AvgIpc) is 2.23. The molecule has 0 saturated heterocycles. The number of halogens is 1. The quantitative estimate of drug-likeness (QED) is 0.637. The molecule has 0 amide bonds. The minimum atomic E-state index is -0.121. The molecule has 70 valence electrons. The number of nitrogens with zero attached hydrogens (tertiary/aromatic N) is 2. The summed E-state index contributed by atoms with van der Waals surface area (Å²) in [6, 6.07) is 1.33. The van der Waals surface area contributed by atoms with Crippen molar-refractivity contribution in [1.29, 1.82) is 0 Å². The molecule has 13 heavy (non-hydrogen) atoms. The first-order chi connectivity index (χ1) is 5.98. The lowest BCUT2D eigenvalue weighted by molar-refractivity contribution is 0.517. The van der Waals surface area contributed by atoms with Crippen LogP contribution in [-0.4, -0.2) is 15.1 Å². The smallest absolute Gasteiger partial charge is 0.256 e. The van der Waals surface area contributed by atoms with E-state index in [1.54, 1.807) is 4.57 Å². The molecular formula is C8H10ClN3O. The van der Waals surface area contributed by atoms with Crippen LogP contribution in [0.1, 0.15) is 13.8 Å². The highest BCUT2D eigenvalue weighted by Crippen LogP contribution is 2.22. The summed E-state index contributed by atoms with van der Waals surface area (Å²) < 4.78 is 1.59. The van der Waals surface area contributed by atoms with Gasteiger partial charge in [-0.25, -0.2) is 4.98 Å². The van der Waals surface area contributed by atoms with Crippen LogP contribution in [0.3, 0.4) is 0 Å². The molecule has 0 unspecified atom stereocenters. The predicted molar refractivity (Wildman–Crippen MR) is 51.2 cm³/mol. The Morgan fingerprint density at radius 3 is 3.08 bits per heavy atom. The highest BCUT2D eigenvalue weighted by molar-refractivity contribution is 6.29. The van der Waals surface area contributed by atoms with Crippen molar-refractivity contribution < 1.29 is 0 Å². The van der Waals surface area contributed by atoms with E-state index < -0.39 is 0 Å². The van der Waals surface area contributed by atoms with Gasteiger partial charge in [0.15, 0.2) is 0 Å². The van der Waals surface area contributed by atoms with Gasteiger partial charge in [0.1, 0.15) is 5.15 Å². The topological polar surface area (TPSA) is 46.9 Å². The Balaban J connectivity index is 2.58. The maximum absolute atomic E-state index is 11.4. The van der Waals surface area contributed by atoms with Gasteiger partial charge in [0.05, 0.1) is 12.1 Å². The van der Waals surface area contributed by atoms with Crippen molar-refractivity contribution in [2.75, 3.05) is 5.32 Å². The van der Waals surface area contributed by atoms with Crippen molar-refractivity contribution >= 4 is 17.5 Å². The molecule has 0 fully saturated rings. The highest BCUT2D eigenvalue weighted by Gasteiger charge is 2.29. The third-order valence-electron chi connectivity index (χ3n) is 1.98. The first-order valence-corrected chi connectivity index (χ1v) is 4.41. The van der Waals surface area contributed by atoms with Crippen LogP contribution in [0.5, 0.6) is 0 Å². The normalized spacial score (nSPS) is 18.1. The molecule has 0 bridgehead atoms. The molecule has 1 N–H and O–H groups in total. The molecule has 0 aliphatic carbocycles. The van der Waals surface area contributed by atoms with Crippen LogP contribution in [0.2, 0.25) is 5.15 Å². The standard InChI is InChI=1S/C8H10ClN3O/c1-8(2)4-12-6(13)3-5(9)10-7(12)11-8/h3H,4H2,1-2H3,(H,10,11). The van der Waals surface area contributed by atoms with Gasteiger partial charge < -0.3 is 5.32 Å². The number of aromatic nitrogens is 2. The molecular weight excluding hydrogens is 190 g/mol. The number of anilines is 1. The lowest BCUT2D eigenvalue weighted by Gasteiger charge is -2.15. The molecule has 1 aromatic heterocycles. The lowest BCUT2D eigenvalue weighted by Crippen LogP contribution is -2.29. The minimum Gasteiger partial charge on any atom is -0.349 e. The van der Waals surface area contributed by atoms with Crippen LogP contribution >= 0.6 is 11.6 Å². The van der Waals surface area contributed by atoms with Crippen molar-refractivity contribution in [2.45, 2.75) is 25.9 Å². The Labute approximate surface area is 80.5 Å². The van der Waals surface area contributed by atoms with E-state index in [1.807, 2.05) is 13.8 Å². The predicted octanol–water partition coefficient (Wildman–Crippen LogP) is 1.10. The summed E-state index contributed by atoms with van der Waals surface area (Å²) in [5.41, 5.74) is -0.225. The number of hydrogen-bond acceptors (Lipinski definition) is 3. The van der Waals surface area contributed by atoms with E-state index in [1.165, 1.54) is 6.07 Å². The zero-order valence-corrected chi connectivity index (χ0v) is 8.22. The van der Waals surface area contributed by atoms with E-state index in [2.05, 4.69) is 10.3 Å². The second kappa shape index (κ2) is 2.48. The number of rotatable bonds is 0. The monoisotopic (exact) mass is 199 g/mol. The van der Waals surface area contributed by atoms with Gasteiger partial charge in [-0.2, -0.15) is 0 Å². The zero-order valence-electron chi connectivity index (χ0n) is 7.47. The Kier molecular flexibility index (Phi) is 1.63. The van der Waals surface area contributed by atoms with Gasteiger partial charge in [0.2, 0.25) is 5.95 Å². The van der Waals surface area contributed by atoms with Gasteiger partial charge in [-0.05, 0) is 13.8 Å². The average molecular weight is 200 g/mol. The molecule has 1 aromatic rings. The number of nitrogens with one attached hydrogen (secondary N) is 1. The Bertz CT molecular complexity index is 410. The second-order valence-electron chi connectivity index (χ2n) is 3.84. The third-order valence-corrected chi connectivity index (χ3v) is 2.17. The van der Waals surface area contributed by atoms with Crippen LogP contribution in [-0.2, 0) is 6.54 Å². The third kappa shape index (κ3) is 1.42. The minimum absolute atomic E-state index is 0.104. The van der Waals surface area contributed by atoms with E-state index in [0.717, 1.165) is 0 Å². The molecule has 5 heteroatoms. The molecule has 2 heterocycles. The van der Waals surface area contributed by atoms with Crippen molar-refractivity contribution in [3.8, 4) is 0 Å². The molecule has 0 atom stereocenters. The summed E-state index contributed by atoms with van der Waals surface area (Å²) in [5.74, 6) is 0.558. The van der Waals surface area contributed by atoms with Crippen molar-refractivity contribution in [1.82, 2.24) is 9.55 Å². The van der Waals surface area contributed by atoms with Crippen LogP contribution in [0.15, 0.2) is 10.9 Å². The SMILES string of the molecule is CC1(C)Cn2c(nc(Cl)cc2=O)N1. The maximum atomic E-state index is 11.4. The zero-order chi connectivity index (χ0) is 9.64. The van der Waals surface area contributed by atoms with Gasteiger partial charge in [-0.1, -0.05) is 11.6 Å². The van der Waals surface area contributed by atoms with E-state index in [9.17, 15) is 4.79 Å². The molecule has 0 saturated carbocycles. The number of hydrogen-bond donors (Lipinski definition) is 1. The first kappa shape index (κ1) is 8.56. The fourth-order valence-corrected chi connectivity index (χ4v) is 1.64. The van der Waals surface area contributed by atoms with Gasteiger partial charge in [0.25, 0.3) is 5.56 Å². The fourth-order valence-electron chi connectivity index (χ4n) is 1.46. The summed E-state index contributed by atoms with van der Waals surface area (Å²) in [6.07, 6.45) is 0. The summed E-state index contributed by atoms with van der Waals surface area (Å²) >= 11 is 5.66. The van der Waals surface area contributed by atoms with E-state index in [0.29, 0.717) is 12.5 Å². The van der Waals surface area contributed by atoms with Crippen LogP contribution in [0.25, 0.3) is 0 Å². The van der Waals surface area contributed by atoms with E-state index in [4.69, 9.17) is 11.6 Å². The summed E-state index contributed by atoms with van der Waals surface area (Å²) in [6.45, 7) is 4.65. The van der Waals surface area contributed by atoms with Gasteiger partial charge in [0, 0.05) is 6.07 Å². The molecule has 4 nitrogen and oxygen atoms in total. The number of fused-ring (bicyclic) bond motifs is 1. The molecule has 1 aliphatic heterocycles. The fraction of sp³-hybridized carbons (Fsp3) is 0.500. The maximum Gasteiger partial charge on any atom is 0.256 e. The Hall–Kier alpha value is -1.03. The lowest BCUT2D eigenvalue weighted by atomic mass is 10.1. The molecule has 2 rings (SSSR count). The summed E-state index contributed by atoms with van der Waals surface area (Å²) in [4.78, 5) is 15.4. The van der Waals surface area contributed by atoms with Crippen LogP contribution < -0.4 is 10.9 Å². The largest absolute Gasteiger partial charge is 0.349 e.